The first kappa shape index (κ1) is 10.4. The van der Waals surface area contributed by atoms with Gasteiger partial charge in [-0.1, -0.05) is 0 Å². The lowest BCUT2D eigenvalue weighted by Gasteiger charge is -2.21. The quantitative estimate of drug-likeness (QED) is 0.630. The molecule has 0 radical (unpaired) electrons. The Kier molecular flexibility index (Phi) is 2.23. The van der Waals surface area contributed by atoms with Crippen LogP contribution >= 0.6 is 0 Å². The molecule has 0 spiro atoms. The maximum Gasteiger partial charge on any atom is 0.396 e. The van der Waals surface area contributed by atoms with Crippen LogP contribution in [0.5, 0.6) is 0 Å². The first-order chi connectivity index (χ1) is 6.89. The van der Waals surface area contributed by atoms with Crippen LogP contribution < -0.4 is 5.43 Å². The lowest BCUT2D eigenvalue weighted by atomic mass is 9.97. The molecule has 2 aliphatic heterocycles. The Morgan fingerprint density at radius 3 is 2.87 bits per heavy atom. The number of nitrogens with zero attached hydrogens (tertiary/aromatic N) is 2. The largest absolute Gasteiger partial charge is 0.396 e. The lowest BCUT2D eigenvalue weighted by Crippen LogP contribution is -2.34. The molecule has 0 aromatic rings. The molecule has 4 nitrogen and oxygen atoms in total. The second kappa shape index (κ2) is 3.21. The number of alkyl halides is 3. The van der Waals surface area contributed by atoms with Crippen LogP contribution in [0.4, 0.5) is 13.2 Å². The summed E-state index contributed by atoms with van der Waals surface area (Å²) in [5, 5.41) is 10.8. The van der Waals surface area contributed by atoms with Crippen LogP contribution in [0.2, 0.25) is 0 Å². The van der Waals surface area contributed by atoms with Gasteiger partial charge in [-0.05, 0) is 6.42 Å². The molecular weight excluding hydrogens is 211 g/mol. The molecule has 2 unspecified atom stereocenters. The zero-order chi connectivity index (χ0) is 11.2. The molecule has 0 saturated heterocycles. The second-order valence-corrected chi connectivity index (χ2v) is 3.57. The molecule has 2 atom stereocenters. The van der Waals surface area contributed by atoms with Crippen LogP contribution in [-0.2, 0) is 0 Å². The number of aliphatic imine (C=N–C) groups is 1. The van der Waals surface area contributed by atoms with Gasteiger partial charge < -0.3 is 5.11 Å². The Hall–Kier alpha value is -1.08. The van der Waals surface area contributed by atoms with Gasteiger partial charge >= 0.3 is 6.18 Å². The van der Waals surface area contributed by atoms with Crippen molar-refractivity contribution in [1.29, 1.82) is 0 Å². The van der Waals surface area contributed by atoms with E-state index in [1.807, 2.05) is 0 Å². The van der Waals surface area contributed by atoms with Crippen molar-refractivity contribution in [2.75, 3.05) is 7.05 Å². The molecule has 0 aliphatic carbocycles. The van der Waals surface area contributed by atoms with E-state index in [1.54, 1.807) is 7.05 Å². The lowest BCUT2D eigenvalue weighted by molar-refractivity contribution is -0.154. The molecule has 84 valence electrons. The van der Waals surface area contributed by atoms with E-state index in [9.17, 15) is 18.3 Å². The van der Waals surface area contributed by atoms with Gasteiger partial charge in [0.05, 0.1) is 5.92 Å². The number of halogens is 3. The fourth-order valence-corrected chi connectivity index (χ4v) is 1.68. The summed E-state index contributed by atoms with van der Waals surface area (Å²) in [6.45, 7) is 0. The summed E-state index contributed by atoms with van der Waals surface area (Å²) in [5.74, 6) is -1.22. The van der Waals surface area contributed by atoms with Crippen molar-refractivity contribution < 1.29 is 18.3 Å². The minimum Gasteiger partial charge on any atom is -0.373 e. The first-order valence-electron chi connectivity index (χ1n) is 4.41. The maximum atomic E-state index is 12.4. The summed E-state index contributed by atoms with van der Waals surface area (Å²) < 4.78 is 37.2. The molecular formula is C8H10F3N3O. The van der Waals surface area contributed by atoms with E-state index in [-0.39, 0.29) is 6.42 Å². The van der Waals surface area contributed by atoms with Gasteiger partial charge in [-0.15, -0.1) is 0 Å². The van der Waals surface area contributed by atoms with E-state index in [0.29, 0.717) is 11.4 Å². The van der Waals surface area contributed by atoms with Gasteiger partial charge in [-0.2, -0.15) is 13.2 Å². The molecule has 2 rings (SSSR count). The molecule has 0 bridgehead atoms. The molecule has 0 fully saturated rings. The van der Waals surface area contributed by atoms with E-state index in [2.05, 4.69) is 10.4 Å². The molecule has 2 heterocycles. The molecule has 2 aliphatic rings. The standard InChI is InChI=1S/C8H10F3N3O/c1-14-6-5(7(15)13-14)2-4(3-12-6)8(9,10)11/h3-4,7,13,15H,2H2,1H3. The smallest absolute Gasteiger partial charge is 0.373 e. The van der Waals surface area contributed by atoms with Crippen LogP contribution in [0.3, 0.4) is 0 Å². The minimum atomic E-state index is -4.30. The van der Waals surface area contributed by atoms with Crippen molar-refractivity contribution in [3.63, 3.8) is 0 Å². The highest BCUT2D eigenvalue weighted by Gasteiger charge is 2.43. The Morgan fingerprint density at radius 1 is 1.60 bits per heavy atom. The third-order valence-corrected chi connectivity index (χ3v) is 2.49. The zero-order valence-corrected chi connectivity index (χ0v) is 7.91. The number of nitrogens with one attached hydrogen (secondary N) is 1. The normalized spacial score (nSPS) is 31.1. The third-order valence-electron chi connectivity index (χ3n) is 2.49. The topological polar surface area (TPSA) is 47.9 Å². The Balaban J connectivity index is 2.22. The van der Waals surface area contributed by atoms with Gasteiger partial charge in [0.15, 0.2) is 0 Å². The summed E-state index contributed by atoms with van der Waals surface area (Å²) >= 11 is 0. The molecule has 15 heavy (non-hydrogen) atoms. The molecule has 0 aromatic heterocycles. The van der Waals surface area contributed by atoms with Crippen molar-refractivity contribution in [2.24, 2.45) is 10.9 Å². The highest BCUT2D eigenvalue weighted by molar-refractivity contribution is 5.66. The monoisotopic (exact) mass is 221 g/mol. The average Bonchev–Trinajstić information content (AvgIpc) is 2.41. The summed E-state index contributed by atoms with van der Waals surface area (Å²) in [7, 11) is 1.59. The van der Waals surface area contributed by atoms with Crippen LogP contribution in [0, 0.1) is 5.92 Å². The fraction of sp³-hybridized carbons (Fsp3) is 0.625. The Morgan fingerprint density at radius 2 is 2.27 bits per heavy atom. The maximum absolute atomic E-state index is 12.4. The van der Waals surface area contributed by atoms with Crippen molar-refractivity contribution in [1.82, 2.24) is 10.4 Å². The number of rotatable bonds is 0. The predicted molar refractivity (Wildman–Crippen MR) is 46.6 cm³/mol. The van der Waals surface area contributed by atoms with Crippen LogP contribution in [0.25, 0.3) is 0 Å². The van der Waals surface area contributed by atoms with Crippen molar-refractivity contribution in [2.45, 2.75) is 18.8 Å². The van der Waals surface area contributed by atoms with E-state index in [1.165, 1.54) is 5.01 Å². The van der Waals surface area contributed by atoms with E-state index >= 15 is 0 Å². The van der Waals surface area contributed by atoms with Crippen molar-refractivity contribution in [3.05, 3.63) is 11.4 Å². The van der Waals surface area contributed by atoms with E-state index < -0.39 is 18.3 Å². The number of hydrazine groups is 1. The number of aliphatic hydroxyl groups excluding tert-OH is 1. The number of hydrogen-bond donors (Lipinski definition) is 2. The summed E-state index contributed by atoms with van der Waals surface area (Å²) in [6, 6.07) is 0. The molecule has 0 saturated carbocycles. The van der Waals surface area contributed by atoms with Gasteiger partial charge in [0.1, 0.15) is 12.0 Å². The van der Waals surface area contributed by atoms with Crippen molar-refractivity contribution in [3.8, 4) is 0 Å². The highest BCUT2D eigenvalue weighted by atomic mass is 19.4. The van der Waals surface area contributed by atoms with Crippen LogP contribution in [0.1, 0.15) is 6.42 Å². The summed E-state index contributed by atoms with van der Waals surface area (Å²) in [5.41, 5.74) is 2.86. The minimum absolute atomic E-state index is 0.235. The summed E-state index contributed by atoms with van der Waals surface area (Å²) in [6.07, 6.45) is -4.72. The van der Waals surface area contributed by atoms with E-state index in [0.717, 1.165) is 6.21 Å². The number of aliphatic hydroxyl groups is 1. The van der Waals surface area contributed by atoms with E-state index in [4.69, 9.17) is 0 Å². The number of hydrogen-bond acceptors (Lipinski definition) is 4. The van der Waals surface area contributed by atoms with Gasteiger partial charge in [0, 0.05) is 18.8 Å². The first-order valence-corrected chi connectivity index (χ1v) is 4.41. The van der Waals surface area contributed by atoms with Crippen molar-refractivity contribution >= 4 is 6.21 Å². The Labute approximate surface area is 84.1 Å². The van der Waals surface area contributed by atoms with Gasteiger partial charge in [-0.25, -0.2) is 10.4 Å². The molecule has 0 amide bonds. The van der Waals surface area contributed by atoms with Gasteiger partial charge in [0.2, 0.25) is 0 Å². The van der Waals surface area contributed by atoms with Gasteiger partial charge in [0.25, 0.3) is 0 Å². The van der Waals surface area contributed by atoms with Crippen LogP contribution in [-0.4, -0.2) is 35.8 Å². The molecule has 0 aromatic carbocycles. The molecule has 2 N–H and O–H groups in total. The highest BCUT2D eigenvalue weighted by Crippen LogP contribution is 2.36. The second-order valence-electron chi connectivity index (χ2n) is 3.57. The average molecular weight is 221 g/mol. The molecule has 7 heteroatoms. The fourth-order valence-electron chi connectivity index (χ4n) is 1.68. The SMILES string of the molecule is CN1NC(O)C2=C1N=CC(C(F)(F)F)C2. The Bertz CT molecular complexity index is 337. The zero-order valence-electron chi connectivity index (χ0n) is 7.91. The van der Waals surface area contributed by atoms with Crippen LogP contribution in [0.15, 0.2) is 16.4 Å². The van der Waals surface area contributed by atoms with Gasteiger partial charge in [-0.3, -0.25) is 5.01 Å². The predicted octanol–water partition coefficient (Wildman–Crippen LogP) is 0.619. The third kappa shape index (κ3) is 1.72. The summed E-state index contributed by atoms with van der Waals surface area (Å²) in [4.78, 5) is 3.71.